The molecule has 2 aliphatic rings. The number of nitrogens with zero attached hydrogens (tertiary/aromatic N) is 2. The number of hydrogen-bond acceptors (Lipinski definition) is 4. The smallest absolute Gasteiger partial charge is 0.249 e. The molecule has 5 heteroatoms. The van der Waals surface area contributed by atoms with Crippen LogP contribution in [0.2, 0.25) is 0 Å². The Hall–Kier alpha value is -2.17. The first-order valence-electron chi connectivity index (χ1n) is 6.37. The first kappa shape index (κ1) is 11.9. The summed E-state index contributed by atoms with van der Waals surface area (Å²) in [7, 11) is 0. The van der Waals surface area contributed by atoms with Gasteiger partial charge in [-0.2, -0.15) is 0 Å². The van der Waals surface area contributed by atoms with Crippen LogP contribution >= 0.6 is 0 Å². The molecule has 2 amide bonds. The van der Waals surface area contributed by atoms with E-state index in [9.17, 15) is 9.59 Å². The molecule has 0 radical (unpaired) electrons. The summed E-state index contributed by atoms with van der Waals surface area (Å²) in [6.45, 7) is 2.71. The number of hydrogen-bond donors (Lipinski definition) is 1. The predicted octanol–water partition coefficient (Wildman–Crippen LogP) is 1.28. The van der Waals surface area contributed by atoms with Crippen molar-refractivity contribution in [1.82, 2.24) is 10.2 Å². The molecule has 1 saturated heterocycles. The van der Waals surface area contributed by atoms with Crippen molar-refractivity contribution in [2.24, 2.45) is 4.99 Å². The van der Waals surface area contributed by atoms with Crippen LogP contribution in [0.5, 0.6) is 0 Å². The van der Waals surface area contributed by atoms with Crippen molar-refractivity contribution < 1.29 is 9.59 Å². The topological polar surface area (TPSA) is 61.8 Å². The molecule has 3 rings (SSSR count). The first-order chi connectivity index (χ1) is 9.15. The zero-order valence-electron chi connectivity index (χ0n) is 10.7. The van der Waals surface area contributed by atoms with E-state index in [2.05, 4.69) is 10.3 Å². The lowest BCUT2D eigenvalue weighted by atomic mass is 10.0. The molecule has 5 nitrogen and oxygen atoms in total. The maximum absolute atomic E-state index is 11.9. The summed E-state index contributed by atoms with van der Waals surface area (Å²) in [4.78, 5) is 29.3. The number of benzene rings is 1. The summed E-state index contributed by atoms with van der Waals surface area (Å²) in [5.74, 6) is -0.411. The monoisotopic (exact) mass is 257 g/mol. The van der Waals surface area contributed by atoms with E-state index < -0.39 is 0 Å². The summed E-state index contributed by atoms with van der Waals surface area (Å²) in [5, 5.41) is 2.38. The van der Waals surface area contributed by atoms with Crippen LogP contribution in [-0.2, 0) is 16.1 Å². The Balaban J connectivity index is 1.84. The quantitative estimate of drug-likeness (QED) is 0.771. The molecular weight excluding hydrogens is 242 g/mol. The third-order valence-electron chi connectivity index (χ3n) is 3.68. The normalized spacial score (nSPS) is 22.2. The SMILES string of the molecule is Cc1cccc2c1CN(C1CCC(=O)NC1=O)C=N2. The molecule has 0 spiro atoms. The highest BCUT2D eigenvalue weighted by molar-refractivity contribution is 6.01. The van der Waals surface area contributed by atoms with Gasteiger partial charge in [-0.3, -0.25) is 14.9 Å². The summed E-state index contributed by atoms with van der Waals surface area (Å²) >= 11 is 0. The number of amides is 2. The van der Waals surface area contributed by atoms with Crippen LogP contribution in [0.15, 0.2) is 23.2 Å². The van der Waals surface area contributed by atoms with Crippen molar-refractivity contribution in [3.05, 3.63) is 29.3 Å². The molecule has 1 fully saturated rings. The summed E-state index contributed by atoms with van der Waals surface area (Å²) in [6, 6.07) is 5.70. The molecule has 1 unspecified atom stereocenters. The zero-order chi connectivity index (χ0) is 13.4. The van der Waals surface area contributed by atoms with Gasteiger partial charge in [0.2, 0.25) is 11.8 Å². The molecule has 2 heterocycles. The first-order valence-corrected chi connectivity index (χ1v) is 6.37. The van der Waals surface area contributed by atoms with E-state index in [4.69, 9.17) is 0 Å². The van der Waals surface area contributed by atoms with Crippen molar-refractivity contribution in [2.75, 3.05) is 0 Å². The number of carbonyl (C=O) groups excluding carboxylic acids is 2. The predicted molar refractivity (Wildman–Crippen MR) is 71.0 cm³/mol. The zero-order valence-corrected chi connectivity index (χ0v) is 10.7. The molecular formula is C14H15N3O2. The van der Waals surface area contributed by atoms with E-state index in [0.717, 1.165) is 11.3 Å². The minimum atomic E-state index is -0.297. The second-order valence-electron chi connectivity index (χ2n) is 4.96. The highest BCUT2D eigenvalue weighted by Crippen LogP contribution is 2.28. The van der Waals surface area contributed by atoms with E-state index >= 15 is 0 Å². The van der Waals surface area contributed by atoms with Gasteiger partial charge in [0.1, 0.15) is 6.04 Å². The Bertz CT molecular complexity index is 580. The Morgan fingerprint density at radius 2 is 2.21 bits per heavy atom. The molecule has 98 valence electrons. The highest BCUT2D eigenvalue weighted by Gasteiger charge is 2.32. The molecule has 0 saturated carbocycles. The second-order valence-corrected chi connectivity index (χ2v) is 4.96. The molecule has 0 aliphatic carbocycles. The van der Waals surface area contributed by atoms with Gasteiger partial charge in [-0.1, -0.05) is 12.1 Å². The highest BCUT2D eigenvalue weighted by atomic mass is 16.2. The number of aryl methyl sites for hydroxylation is 1. The maximum Gasteiger partial charge on any atom is 0.249 e. The number of rotatable bonds is 1. The van der Waals surface area contributed by atoms with E-state index in [0.29, 0.717) is 19.4 Å². The lowest BCUT2D eigenvalue weighted by Crippen LogP contribution is -2.52. The fourth-order valence-corrected chi connectivity index (χ4v) is 2.56. The minimum Gasteiger partial charge on any atom is -0.346 e. The van der Waals surface area contributed by atoms with Crippen LogP contribution in [0.3, 0.4) is 0 Å². The van der Waals surface area contributed by atoms with Crippen molar-refractivity contribution in [3.8, 4) is 0 Å². The molecule has 0 aromatic heterocycles. The molecule has 1 atom stereocenters. The van der Waals surface area contributed by atoms with Crippen LogP contribution in [0, 0.1) is 6.92 Å². The van der Waals surface area contributed by atoms with E-state index in [1.807, 2.05) is 30.0 Å². The molecule has 1 N–H and O–H groups in total. The van der Waals surface area contributed by atoms with Gasteiger partial charge in [-0.25, -0.2) is 4.99 Å². The molecule has 2 aliphatic heterocycles. The largest absolute Gasteiger partial charge is 0.346 e. The average Bonchev–Trinajstić information content (AvgIpc) is 2.39. The number of fused-ring (bicyclic) bond motifs is 1. The lowest BCUT2D eigenvalue weighted by molar-refractivity contribution is -0.136. The third kappa shape index (κ3) is 2.12. The maximum atomic E-state index is 11.9. The van der Waals surface area contributed by atoms with Crippen LogP contribution < -0.4 is 5.32 Å². The van der Waals surface area contributed by atoms with Gasteiger partial charge in [-0.15, -0.1) is 0 Å². The van der Waals surface area contributed by atoms with Crippen LogP contribution in [-0.4, -0.2) is 29.1 Å². The van der Waals surface area contributed by atoms with Gasteiger partial charge >= 0.3 is 0 Å². The minimum absolute atomic E-state index is 0.188. The van der Waals surface area contributed by atoms with Crippen molar-refractivity contribution in [3.63, 3.8) is 0 Å². The number of carbonyl (C=O) groups is 2. The van der Waals surface area contributed by atoms with Gasteiger partial charge in [0.05, 0.1) is 12.0 Å². The van der Waals surface area contributed by atoms with Gasteiger partial charge in [0, 0.05) is 18.5 Å². The van der Waals surface area contributed by atoms with E-state index in [1.54, 1.807) is 6.34 Å². The van der Waals surface area contributed by atoms with Crippen LogP contribution in [0.4, 0.5) is 5.69 Å². The number of imide groups is 1. The van der Waals surface area contributed by atoms with Gasteiger partial charge < -0.3 is 4.90 Å². The van der Waals surface area contributed by atoms with Gasteiger partial charge in [-0.05, 0) is 25.0 Å². The van der Waals surface area contributed by atoms with Crippen LogP contribution in [0.25, 0.3) is 0 Å². The fourth-order valence-electron chi connectivity index (χ4n) is 2.56. The van der Waals surface area contributed by atoms with Crippen molar-refractivity contribution in [2.45, 2.75) is 32.4 Å². The molecule has 19 heavy (non-hydrogen) atoms. The van der Waals surface area contributed by atoms with Crippen LogP contribution in [0.1, 0.15) is 24.0 Å². The Morgan fingerprint density at radius 3 is 3.00 bits per heavy atom. The van der Waals surface area contributed by atoms with E-state index in [-0.39, 0.29) is 17.9 Å². The number of aliphatic imine (C=N–C) groups is 1. The van der Waals surface area contributed by atoms with Crippen molar-refractivity contribution in [1.29, 1.82) is 0 Å². The molecule has 1 aromatic rings. The summed E-state index contributed by atoms with van der Waals surface area (Å²) < 4.78 is 0. The lowest BCUT2D eigenvalue weighted by Gasteiger charge is -2.33. The summed E-state index contributed by atoms with van der Waals surface area (Å²) in [5.41, 5.74) is 3.28. The number of piperidine rings is 1. The summed E-state index contributed by atoms with van der Waals surface area (Å²) in [6.07, 6.45) is 2.65. The Labute approximate surface area is 111 Å². The van der Waals surface area contributed by atoms with E-state index in [1.165, 1.54) is 5.56 Å². The van der Waals surface area contributed by atoms with Gasteiger partial charge in [0.25, 0.3) is 0 Å². The average molecular weight is 257 g/mol. The molecule has 0 bridgehead atoms. The Morgan fingerprint density at radius 1 is 1.37 bits per heavy atom. The van der Waals surface area contributed by atoms with Gasteiger partial charge in [0.15, 0.2) is 0 Å². The standard InChI is InChI=1S/C14H15N3O2/c1-9-3-2-4-11-10(9)7-17(8-15-11)12-5-6-13(18)16-14(12)19/h2-4,8,12H,5-7H2,1H3,(H,16,18,19). The fraction of sp³-hybridized carbons (Fsp3) is 0.357. The Kier molecular flexibility index (Phi) is 2.81. The second kappa shape index (κ2) is 4.50. The molecule has 1 aromatic carbocycles. The third-order valence-corrected chi connectivity index (χ3v) is 3.68. The van der Waals surface area contributed by atoms with Crippen molar-refractivity contribution >= 4 is 23.8 Å². The number of nitrogens with one attached hydrogen (secondary N) is 1.